The van der Waals surface area contributed by atoms with Gasteiger partial charge in [0, 0.05) is 5.56 Å². The van der Waals surface area contributed by atoms with E-state index in [0.29, 0.717) is 17.0 Å². The molecule has 0 radical (unpaired) electrons. The summed E-state index contributed by atoms with van der Waals surface area (Å²) in [6, 6.07) is 0. The highest BCUT2D eigenvalue weighted by atomic mass is 32.2. The molecule has 1 aromatic heterocycles. The Bertz CT molecular complexity index is 530. The summed E-state index contributed by atoms with van der Waals surface area (Å²) in [4.78, 5) is 0. The summed E-state index contributed by atoms with van der Waals surface area (Å²) in [5, 5.41) is 7.60. The van der Waals surface area contributed by atoms with Crippen LogP contribution < -0.4 is 4.74 Å². The third kappa shape index (κ3) is 2.26. The van der Waals surface area contributed by atoms with E-state index in [1.807, 2.05) is 0 Å². The number of ether oxygens (including phenoxy) is 1. The van der Waals surface area contributed by atoms with Crippen LogP contribution in [0.15, 0.2) is 5.03 Å². The molecule has 1 aromatic rings. The molecule has 1 rings (SSSR count). The van der Waals surface area contributed by atoms with Gasteiger partial charge in [0.25, 0.3) is 0 Å². The molecule has 0 aliphatic heterocycles. The molecule has 0 aromatic carbocycles. The van der Waals surface area contributed by atoms with Gasteiger partial charge >= 0.3 is 0 Å². The Morgan fingerprint density at radius 1 is 1.06 bits per heavy atom. The molecule has 17 heavy (non-hydrogen) atoms. The van der Waals surface area contributed by atoms with E-state index in [2.05, 4.69) is 10.2 Å². The zero-order valence-corrected chi connectivity index (χ0v) is 11.8. The average molecular weight is 258 g/mol. The normalized spacial score (nSPS) is 12.6. The Morgan fingerprint density at radius 2 is 1.59 bits per heavy atom. The van der Waals surface area contributed by atoms with Gasteiger partial charge in [-0.05, 0) is 40.2 Å². The third-order valence-corrected chi connectivity index (χ3v) is 5.20. The quantitative estimate of drug-likeness (QED) is 0.807. The van der Waals surface area contributed by atoms with E-state index in [1.165, 1.54) is 7.11 Å². The number of hydrogen-bond donors (Lipinski definition) is 0. The lowest BCUT2D eigenvalue weighted by atomic mass is 10.2. The predicted molar refractivity (Wildman–Crippen MR) is 65.0 cm³/mol. The molecular weight excluding hydrogens is 240 g/mol. The first-order chi connectivity index (χ1) is 7.63. The molecule has 5 nitrogen and oxygen atoms in total. The number of sulfone groups is 1. The van der Waals surface area contributed by atoms with Gasteiger partial charge in [0.15, 0.2) is 5.03 Å². The molecule has 0 fully saturated rings. The summed E-state index contributed by atoms with van der Waals surface area (Å²) in [6.45, 7) is 8.41. The number of rotatable bonds is 2. The fourth-order valence-electron chi connectivity index (χ4n) is 1.30. The number of nitrogens with zero attached hydrogens (tertiary/aromatic N) is 2. The number of aromatic nitrogens is 2. The molecule has 0 spiro atoms. The van der Waals surface area contributed by atoms with Crippen molar-refractivity contribution in [2.24, 2.45) is 0 Å². The van der Waals surface area contributed by atoms with Crippen LogP contribution in [0.3, 0.4) is 0 Å². The molecule has 0 unspecified atom stereocenters. The summed E-state index contributed by atoms with van der Waals surface area (Å²) in [5.74, 6) is 0.357. The van der Waals surface area contributed by atoms with E-state index >= 15 is 0 Å². The van der Waals surface area contributed by atoms with Gasteiger partial charge in [-0.3, -0.25) is 0 Å². The molecule has 0 saturated heterocycles. The monoisotopic (exact) mass is 258 g/mol. The zero-order chi connectivity index (χ0) is 13.4. The molecule has 0 amide bonds. The Labute approximate surface area is 102 Å². The summed E-state index contributed by atoms with van der Waals surface area (Å²) in [7, 11) is -2.00. The fraction of sp³-hybridized carbons (Fsp3) is 0.636. The van der Waals surface area contributed by atoms with Crippen LogP contribution in [0.2, 0.25) is 0 Å². The second kappa shape index (κ2) is 4.25. The van der Waals surface area contributed by atoms with Crippen molar-refractivity contribution in [3.8, 4) is 5.88 Å². The van der Waals surface area contributed by atoms with Gasteiger partial charge in [-0.2, -0.15) is 0 Å². The first kappa shape index (κ1) is 13.9. The van der Waals surface area contributed by atoms with Gasteiger partial charge in [-0.1, -0.05) is 0 Å². The molecule has 1 heterocycles. The molecule has 6 heteroatoms. The maximum atomic E-state index is 12.3. The van der Waals surface area contributed by atoms with Gasteiger partial charge in [0.2, 0.25) is 15.7 Å². The lowest BCUT2D eigenvalue weighted by Crippen LogP contribution is -2.30. The van der Waals surface area contributed by atoms with Crippen LogP contribution in [0, 0.1) is 13.8 Å². The molecule has 0 aliphatic rings. The van der Waals surface area contributed by atoms with Crippen LogP contribution in [-0.4, -0.2) is 30.5 Å². The first-order valence-electron chi connectivity index (χ1n) is 5.25. The first-order valence-corrected chi connectivity index (χ1v) is 6.73. The van der Waals surface area contributed by atoms with Crippen molar-refractivity contribution in [1.29, 1.82) is 0 Å². The van der Waals surface area contributed by atoms with Crippen LogP contribution in [0.25, 0.3) is 0 Å². The lowest BCUT2D eigenvalue weighted by Gasteiger charge is -2.20. The maximum absolute atomic E-state index is 12.3. The minimum Gasteiger partial charge on any atom is -0.480 e. The van der Waals surface area contributed by atoms with Crippen molar-refractivity contribution < 1.29 is 13.2 Å². The van der Waals surface area contributed by atoms with Gasteiger partial charge < -0.3 is 4.74 Å². The van der Waals surface area contributed by atoms with E-state index in [9.17, 15) is 8.42 Å². The Kier molecular flexibility index (Phi) is 3.47. The lowest BCUT2D eigenvalue weighted by molar-refractivity contribution is 0.385. The Morgan fingerprint density at radius 3 is 2.00 bits per heavy atom. The van der Waals surface area contributed by atoms with Crippen LogP contribution in [0.5, 0.6) is 5.88 Å². The number of methoxy groups -OCH3 is 1. The van der Waals surface area contributed by atoms with Gasteiger partial charge in [-0.25, -0.2) is 8.42 Å². The molecule has 0 atom stereocenters. The van der Waals surface area contributed by atoms with Gasteiger partial charge in [-0.15, -0.1) is 10.2 Å². The zero-order valence-electron chi connectivity index (χ0n) is 11.0. The summed E-state index contributed by atoms with van der Waals surface area (Å²) >= 11 is 0. The molecule has 0 aliphatic carbocycles. The topological polar surface area (TPSA) is 69.2 Å². The van der Waals surface area contributed by atoms with Crippen molar-refractivity contribution in [2.45, 2.75) is 44.4 Å². The van der Waals surface area contributed by atoms with Crippen LogP contribution >= 0.6 is 0 Å². The largest absolute Gasteiger partial charge is 0.480 e. The van der Waals surface area contributed by atoms with E-state index in [4.69, 9.17) is 4.74 Å². The van der Waals surface area contributed by atoms with E-state index < -0.39 is 14.6 Å². The van der Waals surface area contributed by atoms with Crippen molar-refractivity contribution in [3.63, 3.8) is 0 Å². The molecule has 0 bridgehead atoms. The van der Waals surface area contributed by atoms with E-state index in [1.54, 1.807) is 34.6 Å². The molecule has 0 saturated carbocycles. The summed E-state index contributed by atoms with van der Waals surface area (Å²) < 4.78 is 28.7. The maximum Gasteiger partial charge on any atom is 0.236 e. The average Bonchev–Trinajstić information content (AvgIpc) is 2.20. The second-order valence-corrected chi connectivity index (χ2v) is 7.50. The molecular formula is C11H18N2O3S. The standard InChI is InChI=1S/C11H18N2O3S/c1-7-8(2)10(13-12-9(7)16-6)17(14,15)11(3,4)5/h1-6H3. The van der Waals surface area contributed by atoms with Gasteiger partial charge in [0.1, 0.15) is 0 Å². The van der Waals surface area contributed by atoms with E-state index in [0.717, 1.165) is 0 Å². The SMILES string of the molecule is COc1nnc(S(=O)(=O)C(C)(C)C)c(C)c1C. The smallest absolute Gasteiger partial charge is 0.236 e. The van der Waals surface area contributed by atoms with Gasteiger partial charge in [0.05, 0.1) is 11.9 Å². The van der Waals surface area contributed by atoms with Crippen LogP contribution in [0.1, 0.15) is 31.9 Å². The minimum atomic E-state index is -3.48. The van der Waals surface area contributed by atoms with Crippen molar-refractivity contribution in [3.05, 3.63) is 11.1 Å². The van der Waals surface area contributed by atoms with Crippen LogP contribution in [0.4, 0.5) is 0 Å². The molecule has 0 N–H and O–H groups in total. The third-order valence-electron chi connectivity index (χ3n) is 2.69. The highest BCUT2D eigenvalue weighted by Gasteiger charge is 2.34. The van der Waals surface area contributed by atoms with Crippen molar-refractivity contribution in [1.82, 2.24) is 10.2 Å². The van der Waals surface area contributed by atoms with Crippen molar-refractivity contribution in [2.75, 3.05) is 7.11 Å². The fourth-order valence-corrected chi connectivity index (χ4v) is 2.59. The second-order valence-electron chi connectivity index (χ2n) is 4.88. The summed E-state index contributed by atoms with van der Waals surface area (Å²) in [5.41, 5.74) is 1.29. The predicted octanol–water partition coefficient (Wildman–Crippen LogP) is 1.67. The van der Waals surface area contributed by atoms with Crippen LogP contribution in [-0.2, 0) is 9.84 Å². The minimum absolute atomic E-state index is 0.0308. The van der Waals surface area contributed by atoms with E-state index in [-0.39, 0.29) is 5.03 Å². The highest BCUT2D eigenvalue weighted by Crippen LogP contribution is 2.28. The van der Waals surface area contributed by atoms with Crippen molar-refractivity contribution >= 4 is 9.84 Å². The molecule has 96 valence electrons. The summed E-state index contributed by atoms with van der Waals surface area (Å²) in [6.07, 6.45) is 0. The highest BCUT2D eigenvalue weighted by molar-refractivity contribution is 7.92. The Hall–Kier alpha value is -1.17. The Balaban J connectivity index is 3.51. The number of hydrogen-bond acceptors (Lipinski definition) is 5.